The Morgan fingerprint density at radius 1 is 1.00 bits per heavy atom. The van der Waals surface area contributed by atoms with E-state index in [-0.39, 0.29) is 12.5 Å². The molecule has 1 N–H and O–H groups in total. The van der Waals surface area contributed by atoms with Gasteiger partial charge >= 0.3 is 0 Å². The number of anilines is 1. The highest BCUT2D eigenvalue weighted by Gasteiger charge is 2.08. The van der Waals surface area contributed by atoms with Gasteiger partial charge in [0.05, 0.1) is 6.61 Å². The second kappa shape index (κ2) is 9.69. The zero-order valence-corrected chi connectivity index (χ0v) is 15.0. The highest BCUT2D eigenvalue weighted by Crippen LogP contribution is 2.22. The van der Waals surface area contributed by atoms with E-state index in [1.165, 1.54) is 0 Å². The van der Waals surface area contributed by atoms with E-state index in [1.807, 2.05) is 57.2 Å². The van der Waals surface area contributed by atoms with Crippen LogP contribution in [0.1, 0.15) is 18.1 Å². The Hall–Kier alpha value is -2.53. The van der Waals surface area contributed by atoms with Crippen LogP contribution in [-0.2, 0) is 9.53 Å². The average molecular weight is 343 g/mol. The topological polar surface area (TPSA) is 56.8 Å². The molecule has 0 saturated heterocycles. The van der Waals surface area contributed by atoms with Gasteiger partial charge in [-0.3, -0.25) is 4.79 Å². The standard InChI is InChI=1S/C20H25NO4/c1-4-23-11-12-24-18-10-6-9-17(13-18)21-19(22)14-25-20-15(2)7-5-8-16(20)3/h5-10,13H,4,11-12,14H2,1-3H3,(H,21,22). The molecule has 2 aromatic rings. The summed E-state index contributed by atoms with van der Waals surface area (Å²) >= 11 is 0. The molecule has 5 heteroatoms. The van der Waals surface area contributed by atoms with Crippen molar-refractivity contribution in [1.29, 1.82) is 0 Å². The first-order valence-electron chi connectivity index (χ1n) is 8.39. The predicted octanol–water partition coefficient (Wildman–Crippen LogP) is 3.74. The molecule has 0 atom stereocenters. The van der Waals surface area contributed by atoms with Crippen molar-refractivity contribution < 1.29 is 19.0 Å². The molecule has 2 aromatic carbocycles. The summed E-state index contributed by atoms with van der Waals surface area (Å²) in [5.74, 6) is 1.23. The van der Waals surface area contributed by atoms with E-state index >= 15 is 0 Å². The minimum Gasteiger partial charge on any atom is -0.491 e. The number of carbonyl (C=O) groups excluding carboxylic acids is 1. The van der Waals surface area contributed by atoms with Crippen molar-refractivity contribution in [2.75, 3.05) is 31.7 Å². The Bertz CT molecular complexity index is 680. The van der Waals surface area contributed by atoms with Gasteiger partial charge in [0.15, 0.2) is 6.61 Å². The van der Waals surface area contributed by atoms with Crippen molar-refractivity contribution in [2.45, 2.75) is 20.8 Å². The van der Waals surface area contributed by atoms with Gasteiger partial charge in [0.2, 0.25) is 0 Å². The van der Waals surface area contributed by atoms with E-state index in [9.17, 15) is 4.79 Å². The van der Waals surface area contributed by atoms with Crippen LogP contribution in [0.5, 0.6) is 11.5 Å². The van der Waals surface area contributed by atoms with Crippen LogP contribution in [0.3, 0.4) is 0 Å². The van der Waals surface area contributed by atoms with E-state index in [2.05, 4.69) is 5.32 Å². The van der Waals surface area contributed by atoms with Crippen molar-refractivity contribution in [3.8, 4) is 11.5 Å². The lowest BCUT2D eigenvalue weighted by Gasteiger charge is -2.12. The van der Waals surface area contributed by atoms with Crippen molar-refractivity contribution >= 4 is 11.6 Å². The number of ether oxygens (including phenoxy) is 3. The summed E-state index contributed by atoms with van der Waals surface area (Å²) in [7, 11) is 0. The lowest BCUT2D eigenvalue weighted by atomic mass is 10.1. The van der Waals surface area contributed by atoms with Crippen LogP contribution >= 0.6 is 0 Å². The number of hydrogen-bond donors (Lipinski definition) is 1. The fourth-order valence-corrected chi connectivity index (χ4v) is 2.39. The Morgan fingerprint density at radius 2 is 1.72 bits per heavy atom. The van der Waals surface area contributed by atoms with Gasteiger partial charge in [-0.1, -0.05) is 24.3 Å². The second-order valence-electron chi connectivity index (χ2n) is 5.63. The molecule has 0 aliphatic carbocycles. The molecule has 2 rings (SSSR count). The van der Waals surface area contributed by atoms with Gasteiger partial charge in [0.25, 0.3) is 5.91 Å². The number of hydrogen-bond acceptors (Lipinski definition) is 4. The first-order chi connectivity index (χ1) is 12.1. The third-order valence-corrected chi connectivity index (χ3v) is 3.57. The van der Waals surface area contributed by atoms with Crippen molar-refractivity contribution in [3.63, 3.8) is 0 Å². The Labute approximate surface area is 148 Å². The summed E-state index contributed by atoms with van der Waals surface area (Å²) in [5.41, 5.74) is 2.69. The zero-order valence-electron chi connectivity index (χ0n) is 15.0. The lowest BCUT2D eigenvalue weighted by Crippen LogP contribution is -2.20. The molecule has 1 amide bonds. The molecule has 0 unspecified atom stereocenters. The number of carbonyl (C=O) groups is 1. The maximum atomic E-state index is 12.1. The number of para-hydroxylation sites is 1. The molecular weight excluding hydrogens is 318 g/mol. The van der Waals surface area contributed by atoms with Crippen molar-refractivity contribution in [2.24, 2.45) is 0 Å². The number of rotatable bonds is 9. The smallest absolute Gasteiger partial charge is 0.262 e. The zero-order chi connectivity index (χ0) is 18.1. The third-order valence-electron chi connectivity index (χ3n) is 3.57. The Kier molecular flexibility index (Phi) is 7.29. The summed E-state index contributed by atoms with van der Waals surface area (Å²) in [4.78, 5) is 12.1. The number of amides is 1. The van der Waals surface area contributed by atoms with Crippen LogP contribution in [0.2, 0.25) is 0 Å². The van der Waals surface area contributed by atoms with Crippen LogP contribution in [0.4, 0.5) is 5.69 Å². The highest BCUT2D eigenvalue weighted by molar-refractivity contribution is 5.92. The van der Waals surface area contributed by atoms with Gasteiger partial charge in [0, 0.05) is 18.4 Å². The van der Waals surface area contributed by atoms with Crippen molar-refractivity contribution in [1.82, 2.24) is 0 Å². The maximum Gasteiger partial charge on any atom is 0.262 e. The van der Waals surface area contributed by atoms with E-state index < -0.39 is 0 Å². The van der Waals surface area contributed by atoms with Gasteiger partial charge in [-0.2, -0.15) is 0 Å². The quantitative estimate of drug-likeness (QED) is 0.705. The molecule has 0 aliphatic heterocycles. The summed E-state index contributed by atoms with van der Waals surface area (Å²) in [6, 6.07) is 13.2. The number of nitrogens with one attached hydrogen (secondary N) is 1. The molecule has 0 aromatic heterocycles. The highest BCUT2D eigenvalue weighted by atomic mass is 16.5. The van der Waals surface area contributed by atoms with Gasteiger partial charge in [-0.15, -0.1) is 0 Å². The first-order valence-corrected chi connectivity index (χ1v) is 8.39. The Morgan fingerprint density at radius 3 is 2.44 bits per heavy atom. The molecule has 134 valence electrons. The normalized spacial score (nSPS) is 10.4. The summed E-state index contributed by atoms with van der Waals surface area (Å²) in [5, 5.41) is 2.82. The average Bonchev–Trinajstić information content (AvgIpc) is 2.59. The molecule has 0 aliphatic rings. The predicted molar refractivity (Wildman–Crippen MR) is 98.5 cm³/mol. The summed E-state index contributed by atoms with van der Waals surface area (Å²) in [6.07, 6.45) is 0. The van der Waals surface area contributed by atoms with Crippen molar-refractivity contribution in [3.05, 3.63) is 53.6 Å². The van der Waals surface area contributed by atoms with Gasteiger partial charge in [-0.05, 0) is 44.0 Å². The second-order valence-corrected chi connectivity index (χ2v) is 5.63. The van der Waals surface area contributed by atoms with Crippen LogP contribution in [0.15, 0.2) is 42.5 Å². The molecule has 0 fully saturated rings. The third kappa shape index (κ3) is 6.12. The summed E-state index contributed by atoms with van der Waals surface area (Å²) in [6.45, 7) is 7.50. The maximum absolute atomic E-state index is 12.1. The van der Waals surface area contributed by atoms with Gasteiger partial charge < -0.3 is 19.5 Å². The molecule has 25 heavy (non-hydrogen) atoms. The van der Waals surface area contributed by atoms with E-state index in [4.69, 9.17) is 14.2 Å². The fraction of sp³-hybridized carbons (Fsp3) is 0.350. The van der Waals surface area contributed by atoms with E-state index in [0.29, 0.717) is 31.3 Å². The minimum absolute atomic E-state index is 0.0406. The van der Waals surface area contributed by atoms with Crippen LogP contribution < -0.4 is 14.8 Å². The molecular formula is C20H25NO4. The van der Waals surface area contributed by atoms with Gasteiger partial charge in [0.1, 0.15) is 18.1 Å². The molecule has 0 heterocycles. The van der Waals surface area contributed by atoms with E-state index in [1.54, 1.807) is 6.07 Å². The monoisotopic (exact) mass is 343 g/mol. The summed E-state index contributed by atoms with van der Waals surface area (Å²) < 4.78 is 16.5. The first kappa shape index (κ1) is 18.8. The molecule has 0 bridgehead atoms. The number of aryl methyl sites for hydroxylation is 2. The number of benzene rings is 2. The molecule has 5 nitrogen and oxygen atoms in total. The van der Waals surface area contributed by atoms with Gasteiger partial charge in [-0.25, -0.2) is 0 Å². The van der Waals surface area contributed by atoms with Crippen LogP contribution in [0.25, 0.3) is 0 Å². The minimum atomic E-state index is -0.214. The fourth-order valence-electron chi connectivity index (χ4n) is 2.39. The Balaban J connectivity index is 1.86. The van der Waals surface area contributed by atoms with Crippen LogP contribution in [-0.4, -0.2) is 32.3 Å². The SMILES string of the molecule is CCOCCOc1cccc(NC(=O)COc2c(C)cccc2C)c1. The molecule has 0 radical (unpaired) electrons. The van der Waals surface area contributed by atoms with Crippen LogP contribution in [0, 0.1) is 13.8 Å². The van der Waals surface area contributed by atoms with E-state index in [0.717, 1.165) is 16.9 Å². The molecule has 0 spiro atoms. The lowest BCUT2D eigenvalue weighted by molar-refractivity contribution is -0.118. The largest absolute Gasteiger partial charge is 0.491 e. The molecule has 0 saturated carbocycles.